The molecule has 0 atom stereocenters. The normalized spacial score (nSPS) is 11.6. The Balaban J connectivity index is 2.99. The molecule has 0 fully saturated rings. The van der Waals surface area contributed by atoms with Gasteiger partial charge in [-0.3, -0.25) is 0 Å². The highest BCUT2D eigenvalue weighted by molar-refractivity contribution is 7.88. The molecule has 0 saturated carbocycles. The third kappa shape index (κ3) is 3.30. The first-order chi connectivity index (χ1) is 5.88. The molecule has 0 aromatic heterocycles. The number of hydrogen-bond acceptors (Lipinski definition) is 2. The quantitative estimate of drug-likeness (QED) is 0.821. The molecule has 0 unspecified atom stereocenters. The van der Waals surface area contributed by atoms with Crippen molar-refractivity contribution in [2.24, 2.45) is 5.14 Å². The van der Waals surface area contributed by atoms with Gasteiger partial charge in [-0.2, -0.15) is 0 Å². The van der Waals surface area contributed by atoms with Gasteiger partial charge in [0.1, 0.15) is 5.82 Å². The molecule has 0 saturated heterocycles. The third-order valence-electron chi connectivity index (χ3n) is 1.35. The lowest BCUT2D eigenvalue weighted by Crippen LogP contribution is -2.14. The van der Waals surface area contributed by atoms with Gasteiger partial charge in [-0.25, -0.2) is 17.9 Å². The van der Waals surface area contributed by atoms with Crippen molar-refractivity contribution in [1.29, 1.82) is 0 Å². The largest absolute Gasteiger partial charge is 0.228 e. The third-order valence-corrected chi connectivity index (χ3v) is 2.39. The fourth-order valence-electron chi connectivity index (χ4n) is 0.862. The van der Waals surface area contributed by atoms with Gasteiger partial charge in [0.25, 0.3) is 0 Å². The smallest absolute Gasteiger partial charge is 0.213 e. The maximum absolute atomic E-state index is 12.8. The standard InChI is InChI=1S/C7H7ClFNO2S/c8-6-2-1-5(3-7(6)9)4-13(10,11)12/h1-3H,4H2,(H2,10,11,12). The second kappa shape index (κ2) is 3.61. The van der Waals surface area contributed by atoms with Crippen molar-refractivity contribution in [1.82, 2.24) is 0 Å². The first-order valence-electron chi connectivity index (χ1n) is 3.33. The summed E-state index contributed by atoms with van der Waals surface area (Å²) in [5.74, 6) is -1.04. The van der Waals surface area contributed by atoms with Gasteiger partial charge in [-0.1, -0.05) is 17.7 Å². The van der Waals surface area contributed by atoms with Crippen molar-refractivity contribution >= 4 is 21.6 Å². The van der Waals surface area contributed by atoms with E-state index in [9.17, 15) is 12.8 Å². The number of halogens is 2. The van der Waals surface area contributed by atoms with Crippen molar-refractivity contribution < 1.29 is 12.8 Å². The molecule has 3 nitrogen and oxygen atoms in total. The predicted molar refractivity (Wildman–Crippen MR) is 48.2 cm³/mol. The molecule has 0 aliphatic carbocycles. The number of nitrogens with two attached hydrogens (primary N) is 1. The fraction of sp³-hybridized carbons (Fsp3) is 0.143. The van der Waals surface area contributed by atoms with Gasteiger partial charge in [0.05, 0.1) is 10.8 Å². The molecular formula is C7H7ClFNO2S. The highest BCUT2D eigenvalue weighted by Crippen LogP contribution is 2.16. The van der Waals surface area contributed by atoms with Crippen LogP contribution in [0.1, 0.15) is 5.56 Å². The average Bonchev–Trinajstić information content (AvgIpc) is 1.94. The van der Waals surface area contributed by atoms with E-state index in [0.29, 0.717) is 0 Å². The molecule has 0 radical (unpaired) electrons. The summed E-state index contributed by atoms with van der Waals surface area (Å²) in [5.41, 5.74) is 0.282. The van der Waals surface area contributed by atoms with Crippen LogP contribution in [0, 0.1) is 5.82 Å². The van der Waals surface area contributed by atoms with Crippen LogP contribution in [0.2, 0.25) is 5.02 Å². The Bertz CT molecular complexity index is 419. The van der Waals surface area contributed by atoms with Gasteiger partial charge in [0.2, 0.25) is 10.0 Å². The van der Waals surface area contributed by atoms with E-state index >= 15 is 0 Å². The zero-order chi connectivity index (χ0) is 10.1. The number of sulfonamides is 1. The van der Waals surface area contributed by atoms with E-state index in [-0.39, 0.29) is 16.3 Å². The Labute approximate surface area is 80.4 Å². The second-order valence-electron chi connectivity index (χ2n) is 2.56. The first-order valence-corrected chi connectivity index (χ1v) is 5.42. The summed E-state index contributed by atoms with van der Waals surface area (Å²) in [5, 5.41) is 4.73. The Kier molecular flexibility index (Phi) is 2.90. The lowest BCUT2D eigenvalue weighted by Gasteiger charge is -1.99. The van der Waals surface area contributed by atoms with Crippen molar-refractivity contribution in [2.45, 2.75) is 5.75 Å². The molecule has 0 heterocycles. The number of hydrogen-bond donors (Lipinski definition) is 1. The molecular weight excluding hydrogens is 217 g/mol. The Morgan fingerprint density at radius 2 is 2.08 bits per heavy atom. The fourth-order valence-corrected chi connectivity index (χ4v) is 1.62. The van der Waals surface area contributed by atoms with Crippen LogP contribution in [0.4, 0.5) is 4.39 Å². The molecule has 0 aliphatic heterocycles. The molecule has 6 heteroatoms. The molecule has 1 rings (SSSR count). The molecule has 13 heavy (non-hydrogen) atoms. The molecule has 0 bridgehead atoms. The van der Waals surface area contributed by atoms with Crippen LogP contribution in [0.25, 0.3) is 0 Å². The Hall–Kier alpha value is -0.650. The van der Waals surface area contributed by atoms with Crippen LogP contribution in [0.3, 0.4) is 0 Å². The van der Waals surface area contributed by atoms with Gasteiger partial charge < -0.3 is 0 Å². The van der Waals surface area contributed by atoms with Crippen molar-refractivity contribution in [2.75, 3.05) is 0 Å². The number of benzene rings is 1. The number of primary sulfonamides is 1. The minimum Gasteiger partial charge on any atom is -0.228 e. The van der Waals surface area contributed by atoms with Gasteiger partial charge in [-0.05, 0) is 17.7 Å². The van der Waals surface area contributed by atoms with Gasteiger partial charge in [0.15, 0.2) is 0 Å². The van der Waals surface area contributed by atoms with E-state index in [1.165, 1.54) is 12.1 Å². The maximum Gasteiger partial charge on any atom is 0.213 e. The van der Waals surface area contributed by atoms with E-state index < -0.39 is 15.8 Å². The van der Waals surface area contributed by atoms with Crippen molar-refractivity contribution in [3.05, 3.63) is 34.6 Å². The summed E-state index contributed by atoms with van der Waals surface area (Å²) in [4.78, 5) is 0. The Morgan fingerprint density at radius 1 is 1.46 bits per heavy atom. The van der Waals surface area contributed by atoms with Crippen LogP contribution in [0.15, 0.2) is 18.2 Å². The van der Waals surface area contributed by atoms with Gasteiger partial charge >= 0.3 is 0 Å². The average molecular weight is 224 g/mol. The molecule has 0 aliphatic rings. The Morgan fingerprint density at radius 3 is 2.54 bits per heavy atom. The molecule has 1 aromatic rings. The van der Waals surface area contributed by atoms with Crippen molar-refractivity contribution in [3.8, 4) is 0 Å². The van der Waals surface area contributed by atoms with E-state index in [2.05, 4.69) is 0 Å². The lowest BCUT2D eigenvalue weighted by atomic mass is 10.2. The van der Waals surface area contributed by atoms with Gasteiger partial charge in [-0.15, -0.1) is 0 Å². The van der Waals surface area contributed by atoms with Crippen LogP contribution < -0.4 is 5.14 Å². The van der Waals surface area contributed by atoms with E-state index in [1.54, 1.807) is 0 Å². The predicted octanol–water partition coefficient (Wildman–Crippen LogP) is 1.27. The van der Waals surface area contributed by atoms with Crippen LogP contribution in [-0.4, -0.2) is 8.42 Å². The molecule has 2 N–H and O–H groups in total. The minimum absolute atomic E-state index is 0.0434. The summed E-state index contributed by atoms with van der Waals surface area (Å²) in [6.45, 7) is 0. The van der Waals surface area contributed by atoms with E-state index in [1.807, 2.05) is 0 Å². The summed E-state index contributed by atoms with van der Waals surface area (Å²) in [7, 11) is -3.62. The minimum atomic E-state index is -3.62. The lowest BCUT2D eigenvalue weighted by molar-refractivity contribution is 0.596. The summed E-state index contributed by atoms with van der Waals surface area (Å²) in [6, 6.07) is 3.75. The maximum atomic E-state index is 12.8. The zero-order valence-corrected chi connectivity index (χ0v) is 8.07. The van der Waals surface area contributed by atoms with Crippen LogP contribution in [0.5, 0.6) is 0 Å². The van der Waals surface area contributed by atoms with Crippen LogP contribution >= 0.6 is 11.6 Å². The molecule has 72 valence electrons. The highest BCUT2D eigenvalue weighted by atomic mass is 35.5. The SMILES string of the molecule is NS(=O)(=O)Cc1ccc(Cl)c(F)c1. The highest BCUT2D eigenvalue weighted by Gasteiger charge is 2.07. The van der Waals surface area contributed by atoms with Gasteiger partial charge in [0, 0.05) is 0 Å². The van der Waals surface area contributed by atoms with Crippen LogP contribution in [-0.2, 0) is 15.8 Å². The zero-order valence-electron chi connectivity index (χ0n) is 6.50. The summed E-state index contributed by atoms with van der Waals surface area (Å²) < 4.78 is 34.0. The van der Waals surface area contributed by atoms with Crippen molar-refractivity contribution in [3.63, 3.8) is 0 Å². The topological polar surface area (TPSA) is 60.2 Å². The van der Waals surface area contributed by atoms with E-state index in [0.717, 1.165) is 6.07 Å². The second-order valence-corrected chi connectivity index (χ2v) is 4.58. The number of rotatable bonds is 2. The molecule has 0 spiro atoms. The monoisotopic (exact) mass is 223 g/mol. The van der Waals surface area contributed by atoms with E-state index in [4.69, 9.17) is 16.7 Å². The molecule has 1 aromatic carbocycles. The molecule has 0 amide bonds. The summed E-state index contributed by atoms with van der Waals surface area (Å²) in [6.07, 6.45) is 0. The summed E-state index contributed by atoms with van der Waals surface area (Å²) >= 11 is 5.40. The first kappa shape index (κ1) is 10.4.